The highest BCUT2D eigenvalue weighted by Crippen LogP contribution is 2.41. The summed E-state index contributed by atoms with van der Waals surface area (Å²) in [5, 5.41) is 12.5. The van der Waals surface area contributed by atoms with E-state index in [9.17, 15) is 35.5 Å². The Balaban J connectivity index is 1.43. The van der Waals surface area contributed by atoms with Crippen LogP contribution in [0.3, 0.4) is 0 Å². The van der Waals surface area contributed by atoms with Crippen LogP contribution in [0.1, 0.15) is 25.2 Å². The molecule has 0 unspecified atom stereocenters. The molecule has 0 atom stereocenters. The number of halogens is 7. The van der Waals surface area contributed by atoms with Crippen molar-refractivity contribution in [2.75, 3.05) is 18.5 Å². The Morgan fingerprint density at radius 1 is 1.05 bits per heavy atom. The average Bonchev–Trinajstić information content (AvgIpc) is 3.49. The van der Waals surface area contributed by atoms with Crippen LogP contribution in [0.5, 0.6) is 5.88 Å². The summed E-state index contributed by atoms with van der Waals surface area (Å²) in [5.41, 5.74) is -1.29. The Morgan fingerprint density at radius 3 is 2.48 bits per heavy atom. The molecule has 4 rings (SSSR count). The van der Waals surface area contributed by atoms with Crippen LogP contribution in [0.2, 0.25) is 0 Å². The Hall–Kier alpha value is -4.21. The van der Waals surface area contributed by atoms with Gasteiger partial charge in [-0.1, -0.05) is 17.3 Å². The zero-order valence-corrected chi connectivity index (χ0v) is 20.7. The lowest BCUT2D eigenvalue weighted by molar-refractivity contribution is -0.325. The van der Waals surface area contributed by atoms with Crippen molar-refractivity contribution in [1.82, 2.24) is 20.3 Å². The largest absolute Gasteiger partial charge is 0.522 e. The number of anilines is 1. The predicted octanol–water partition coefficient (Wildman–Crippen LogP) is 5.69. The number of H-pyrrole nitrogens is 1. The predicted molar refractivity (Wildman–Crippen MR) is 125 cm³/mol. The monoisotopic (exact) mass is 575 g/mol. The van der Waals surface area contributed by atoms with Gasteiger partial charge in [0.15, 0.2) is 17.2 Å². The molecule has 0 aliphatic heterocycles. The van der Waals surface area contributed by atoms with Gasteiger partial charge in [-0.05, 0) is 37.1 Å². The van der Waals surface area contributed by atoms with Crippen LogP contribution in [0.4, 0.5) is 36.6 Å². The molecule has 1 aromatic carbocycles. The number of aromatic amines is 1. The minimum atomic E-state index is -4.80. The molecule has 2 N–H and O–H groups in total. The van der Waals surface area contributed by atoms with Gasteiger partial charge in [-0.15, -0.1) is 18.3 Å². The first kappa shape index (κ1) is 28.8. The normalized spacial score (nSPS) is 12.6. The third kappa shape index (κ3) is 6.50. The smallest absolute Gasteiger partial charge is 0.474 e. The number of nitrogens with zero attached hydrogens (tertiary/aromatic N) is 3. The van der Waals surface area contributed by atoms with E-state index in [1.165, 1.54) is 24.4 Å². The van der Waals surface area contributed by atoms with Gasteiger partial charge in [0.25, 0.3) is 0 Å². The second-order valence-corrected chi connectivity index (χ2v) is 9.02. The van der Waals surface area contributed by atoms with Gasteiger partial charge in [0.2, 0.25) is 11.8 Å². The Kier molecular flexibility index (Phi) is 7.74. The number of carbonyl (C=O) groups excluding carboxylic acids is 1. The zero-order chi connectivity index (χ0) is 29.3. The summed E-state index contributed by atoms with van der Waals surface area (Å²) in [5.74, 6) is -2.28. The first-order chi connectivity index (χ1) is 18.6. The van der Waals surface area contributed by atoms with Crippen molar-refractivity contribution < 1.29 is 49.5 Å². The van der Waals surface area contributed by atoms with Crippen molar-refractivity contribution in [2.45, 2.75) is 38.2 Å². The summed E-state index contributed by atoms with van der Waals surface area (Å²) in [6.07, 6.45) is -8.45. The molecular formula is C24H20F7N5O4. The van der Waals surface area contributed by atoms with Crippen LogP contribution in [0, 0.1) is 5.82 Å². The number of ether oxygens (including phenoxy) is 2. The summed E-state index contributed by atoms with van der Waals surface area (Å²) in [6.45, 7) is 0.605. The van der Waals surface area contributed by atoms with Crippen LogP contribution in [-0.4, -0.2) is 52.0 Å². The van der Waals surface area contributed by atoms with Gasteiger partial charge in [-0.3, -0.25) is 14.6 Å². The highest BCUT2D eigenvalue weighted by Gasteiger charge is 2.51. The summed E-state index contributed by atoms with van der Waals surface area (Å²) in [6, 6.07) is 6.48. The van der Waals surface area contributed by atoms with Crippen molar-refractivity contribution in [3.05, 3.63) is 53.7 Å². The van der Waals surface area contributed by atoms with E-state index >= 15 is 0 Å². The first-order valence-corrected chi connectivity index (χ1v) is 11.4. The zero-order valence-electron chi connectivity index (χ0n) is 20.7. The Morgan fingerprint density at radius 2 is 1.80 bits per heavy atom. The molecule has 0 aliphatic rings. The molecule has 0 saturated carbocycles. The van der Waals surface area contributed by atoms with Gasteiger partial charge in [-0.25, -0.2) is 9.37 Å². The molecule has 0 fully saturated rings. The number of rotatable bonds is 9. The maximum Gasteiger partial charge on any atom is 0.522 e. The molecule has 0 spiro atoms. The van der Waals surface area contributed by atoms with Gasteiger partial charge in [-0.2, -0.15) is 13.2 Å². The van der Waals surface area contributed by atoms with Crippen LogP contribution in [-0.2, 0) is 21.4 Å². The van der Waals surface area contributed by atoms with E-state index < -0.39 is 55.1 Å². The fourth-order valence-electron chi connectivity index (χ4n) is 3.44. The quantitative estimate of drug-likeness (QED) is 0.195. The fraction of sp³-hybridized carbons (Fsp3) is 0.333. The average molecular weight is 575 g/mol. The molecule has 0 bridgehead atoms. The van der Waals surface area contributed by atoms with Crippen LogP contribution in [0.25, 0.3) is 22.2 Å². The molecule has 214 valence electrons. The van der Waals surface area contributed by atoms with Crippen LogP contribution >= 0.6 is 0 Å². The number of nitrogens with one attached hydrogen (secondary N) is 2. The van der Waals surface area contributed by atoms with E-state index in [0.717, 1.165) is 26.0 Å². The summed E-state index contributed by atoms with van der Waals surface area (Å²) in [4.78, 5) is 16.5. The summed E-state index contributed by atoms with van der Waals surface area (Å²) >= 11 is 0. The maximum absolute atomic E-state index is 14.9. The minimum absolute atomic E-state index is 0.00775. The van der Waals surface area contributed by atoms with Crippen molar-refractivity contribution in [3.8, 4) is 17.0 Å². The molecule has 1 amide bonds. The molecule has 9 nitrogen and oxygen atoms in total. The topological polar surface area (TPSA) is 115 Å². The SMILES string of the molecule is CC(C)(c1cc(NC(=O)Cc2ccc(-c3cnc4[nH]nc(OCCOC(F)(F)F)c4c3)cc2F)no1)C(F)(F)F. The van der Waals surface area contributed by atoms with Crippen LogP contribution in [0.15, 0.2) is 41.1 Å². The van der Waals surface area contributed by atoms with Gasteiger partial charge in [0.1, 0.15) is 17.8 Å². The second kappa shape index (κ2) is 10.7. The van der Waals surface area contributed by atoms with Gasteiger partial charge in [0.05, 0.1) is 18.4 Å². The van der Waals surface area contributed by atoms with E-state index in [1.54, 1.807) is 0 Å². The molecule has 40 heavy (non-hydrogen) atoms. The number of aromatic nitrogens is 4. The number of benzene rings is 1. The molecule has 16 heteroatoms. The Bertz CT molecular complexity index is 1510. The van der Waals surface area contributed by atoms with Crippen LogP contribution < -0.4 is 10.1 Å². The van der Waals surface area contributed by atoms with Crippen molar-refractivity contribution >= 4 is 22.8 Å². The number of alkyl halides is 6. The molecule has 0 aliphatic carbocycles. The lowest BCUT2D eigenvalue weighted by Gasteiger charge is -2.24. The Labute approximate surface area is 220 Å². The van der Waals surface area contributed by atoms with E-state index in [4.69, 9.17) is 9.26 Å². The first-order valence-electron chi connectivity index (χ1n) is 11.4. The van der Waals surface area contributed by atoms with Crippen molar-refractivity contribution in [2.24, 2.45) is 0 Å². The minimum Gasteiger partial charge on any atom is -0.474 e. The number of hydrogen-bond acceptors (Lipinski definition) is 7. The van der Waals surface area contributed by atoms with E-state index in [2.05, 4.69) is 30.4 Å². The standard InChI is InChI=1S/C24H20F7N5O4/c1-22(2,23(26,27)28)17-10-18(36-40-17)33-19(37)9-13-4-3-12(8-16(13)25)14-7-15-20(32-11-14)34-35-21(15)38-5-6-39-24(29,30)31/h3-4,7-8,10-11H,5-6,9H2,1-2H3,(H,32,34,35)(H,33,36,37). The molecule has 4 aromatic rings. The summed E-state index contributed by atoms with van der Waals surface area (Å²) in [7, 11) is 0. The molecule has 3 heterocycles. The summed E-state index contributed by atoms with van der Waals surface area (Å²) < 4.78 is 104. The maximum atomic E-state index is 14.9. The highest BCUT2D eigenvalue weighted by atomic mass is 19.4. The van der Waals surface area contributed by atoms with Gasteiger partial charge >= 0.3 is 12.5 Å². The molecule has 0 saturated heterocycles. The molecule has 3 aromatic heterocycles. The number of carbonyl (C=O) groups is 1. The van der Waals surface area contributed by atoms with E-state index in [-0.39, 0.29) is 22.9 Å². The lowest BCUT2D eigenvalue weighted by atomic mass is 9.89. The third-order valence-corrected chi connectivity index (χ3v) is 5.81. The number of pyridine rings is 1. The second-order valence-electron chi connectivity index (χ2n) is 9.02. The fourth-order valence-corrected chi connectivity index (χ4v) is 3.44. The third-order valence-electron chi connectivity index (χ3n) is 5.81. The molecule has 0 radical (unpaired) electrons. The lowest BCUT2D eigenvalue weighted by Crippen LogP contribution is -2.35. The highest BCUT2D eigenvalue weighted by molar-refractivity contribution is 5.91. The van der Waals surface area contributed by atoms with Crippen molar-refractivity contribution in [1.29, 1.82) is 0 Å². The number of hydrogen-bond donors (Lipinski definition) is 2. The van der Waals surface area contributed by atoms with E-state index in [0.29, 0.717) is 16.5 Å². The molecular weight excluding hydrogens is 555 g/mol. The van der Waals surface area contributed by atoms with Gasteiger partial charge in [0, 0.05) is 17.8 Å². The van der Waals surface area contributed by atoms with E-state index in [1.807, 2.05) is 0 Å². The van der Waals surface area contributed by atoms with Gasteiger partial charge < -0.3 is 14.6 Å². The van der Waals surface area contributed by atoms with Crippen molar-refractivity contribution in [3.63, 3.8) is 0 Å². The number of amides is 1. The number of fused-ring (bicyclic) bond motifs is 1.